The van der Waals surface area contributed by atoms with Crippen LogP contribution < -0.4 is 5.32 Å². The van der Waals surface area contributed by atoms with Gasteiger partial charge in [-0.05, 0) is 37.8 Å². The maximum absolute atomic E-state index is 12.2. The highest BCUT2D eigenvalue weighted by molar-refractivity contribution is 7.15. The van der Waals surface area contributed by atoms with Crippen LogP contribution >= 0.6 is 11.3 Å². The highest BCUT2D eigenvalue weighted by atomic mass is 32.1. The van der Waals surface area contributed by atoms with E-state index in [9.17, 15) is 4.79 Å². The second-order valence-electron chi connectivity index (χ2n) is 5.51. The van der Waals surface area contributed by atoms with E-state index in [0.29, 0.717) is 0 Å². The molecule has 4 rings (SSSR count). The van der Waals surface area contributed by atoms with Crippen molar-refractivity contribution in [2.75, 3.05) is 5.32 Å². The lowest BCUT2D eigenvalue weighted by Crippen LogP contribution is -2.18. The molecule has 1 aromatic carbocycles. The summed E-state index contributed by atoms with van der Waals surface area (Å²) in [5.74, 6) is -0.0609. The van der Waals surface area contributed by atoms with Crippen LogP contribution in [0.5, 0.6) is 0 Å². The summed E-state index contributed by atoms with van der Waals surface area (Å²) in [6.45, 7) is 0.255. The number of anilines is 1. The van der Waals surface area contributed by atoms with Crippen LogP contribution in [0.2, 0.25) is 0 Å². The fourth-order valence-electron chi connectivity index (χ4n) is 2.86. The van der Waals surface area contributed by atoms with Gasteiger partial charge in [-0.25, -0.2) is 9.97 Å². The van der Waals surface area contributed by atoms with E-state index >= 15 is 0 Å². The van der Waals surface area contributed by atoms with E-state index in [1.807, 2.05) is 28.8 Å². The number of benzene rings is 1. The Morgan fingerprint density at radius 2 is 2.14 bits per heavy atom. The third-order valence-electron chi connectivity index (χ3n) is 3.93. The molecule has 0 bridgehead atoms. The number of aryl methyl sites for hydroxylation is 2. The number of hydrogen-bond donors (Lipinski definition) is 1. The Bertz CT molecular complexity index is 812. The Morgan fingerprint density at radius 1 is 1.27 bits per heavy atom. The van der Waals surface area contributed by atoms with Crippen LogP contribution in [-0.4, -0.2) is 20.4 Å². The Labute approximate surface area is 132 Å². The van der Waals surface area contributed by atoms with E-state index in [2.05, 4.69) is 15.3 Å². The number of carbonyl (C=O) groups is 1. The quantitative estimate of drug-likeness (QED) is 0.809. The van der Waals surface area contributed by atoms with Gasteiger partial charge in [-0.3, -0.25) is 4.79 Å². The number of thiazole rings is 1. The van der Waals surface area contributed by atoms with Crippen LogP contribution in [0.15, 0.2) is 30.6 Å². The monoisotopic (exact) mass is 312 g/mol. The molecule has 0 saturated carbocycles. The minimum Gasteiger partial charge on any atom is -0.321 e. The van der Waals surface area contributed by atoms with Crippen LogP contribution in [0.3, 0.4) is 0 Å². The van der Waals surface area contributed by atoms with E-state index in [4.69, 9.17) is 0 Å². The molecule has 0 atom stereocenters. The summed E-state index contributed by atoms with van der Waals surface area (Å²) in [7, 11) is 0. The van der Waals surface area contributed by atoms with Crippen molar-refractivity contribution in [1.29, 1.82) is 0 Å². The minimum absolute atomic E-state index is 0.0609. The molecule has 22 heavy (non-hydrogen) atoms. The molecule has 2 aromatic heterocycles. The predicted octanol–water partition coefficient (Wildman–Crippen LogP) is 3.01. The minimum atomic E-state index is -0.0609. The molecule has 1 amide bonds. The van der Waals surface area contributed by atoms with Gasteiger partial charge in [0.05, 0.1) is 23.1 Å². The van der Waals surface area contributed by atoms with Gasteiger partial charge >= 0.3 is 0 Å². The molecule has 1 aliphatic carbocycles. The Balaban J connectivity index is 1.49. The maximum Gasteiger partial charge on any atom is 0.246 e. The van der Waals surface area contributed by atoms with E-state index in [0.717, 1.165) is 29.0 Å². The van der Waals surface area contributed by atoms with Crippen molar-refractivity contribution in [2.24, 2.45) is 0 Å². The average Bonchev–Trinajstić information content (AvgIpc) is 3.11. The Kier molecular flexibility index (Phi) is 3.38. The summed E-state index contributed by atoms with van der Waals surface area (Å²) in [6.07, 6.45) is 6.26. The first-order chi connectivity index (χ1) is 10.8. The van der Waals surface area contributed by atoms with Gasteiger partial charge in [0.1, 0.15) is 6.54 Å². The van der Waals surface area contributed by atoms with Gasteiger partial charge in [-0.2, -0.15) is 0 Å². The first-order valence-corrected chi connectivity index (χ1v) is 8.29. The lowest BCUT2D eigenvalue weighted by atomic mass is 10.0. The Hall–Kier alpha value is -2.21. The number of amides is 1. The van der Waals surface area contributed by atoms with Gasteiger partial charge in [0.15, 0.2) is 5.13 Å². The summed E-state index contributed by atoms with van der Waals surface area (Å²) in [6, 6.07) is 7.81. The van der Waals surface area contributed by atoms with Crippen molar-refractivity contribution < 1.29 is 4.79 Å². The number of aromatic nitrogens is 3. The number of fused-ring (bicyclic) bond motifs is 2. The molecule has 0 fully saturated rings. The molecule has 1 N–H and O–H groups in total. The summed E-state index contributed by atoms with van der Waals surface area (Å²) < 4.78 is 1.86. The molecule has 0 saturated heterocycles. The van der Waals surface area contributed by atoms with E-state index < -0.39 is 0 Å². The number of nitrogens with one attached hydrogen (secondary N) is 1. The van der Waals surface area contributed by atoms with Gasteiger partial charge in [0.25, 0.3) is 0 Å². The van der Waals surface area contributed by atoms with Crippen molar-refractivity contribution in [2.45, 2.75) is 32.2 Å². The standard InChI is InChI=1S/C16H16N4OS/c21-15(9-20-10-17-11-5-1-3-7-13(11)20)19-16-18-12-6-2-4-8-14(12)22-16/h1,3,5,7,10H,2,4,6,8-9H2,(H,18,19,21). The molecule has 0 radical (unpaired) electrons. The maximum atomic E-state index is 12.2. The zero-order valence-corrected chi connectivity index (χ0v) is 12.9. The molecular formula is C16H16N4OS. The molecule has 0 aliphatic heterocycles. The first-order valence-electron chi connectivity index (χ1n) is 7.48. The van der Waals surface area contributed by atoms with Crippen molar-refractivity contribution in [3.8, 4) is 0 Å². The number of para-hydroxylation sites is 2. The second-order valence-corrected chi connectivity index (χ2v) is 6.59. The lowest BCUT2D eigenvalue weighted by Gasteiger charge is -2.06. The van der Waals surface area contributed by atoms with Crippen molar-refractivity contribution >= 4 is 33.4 Å². The highest BCUT2D eigenvalue weighted by Crippen LogP contribution is 2.29. The van der Waals surface area contributed by atoms with E-state index in [1.54, 1.807) is 17.7 Å². The second kappa shape index (κ2) is 5.53. The molecule has 6 heteroatoms. The average molecular weight is 312 g/mol. The summed E-state index contributed by atoms with van der Waals surface area (Å²) >= 11 is 1.61. The van der Waals surface area contributed by atoms with Crippen LogP contribution in [0.25, 0.3) is 11.0 Å². The first kappa shape index (κ1) is 13.5. The summed E-state index contributed by atoms with van der Waals surface area (Å²) in [4.78, 5) is 22.4. The fourth-order valence-corrected chi connectivity index (χ4v) is 3.92. The number of rotatable bonds is 3. The highest BCUT2D eigenvalue weighted by Gasteiger charge is 2.16. The van der Waals surface area contributed by atoms with Gasteiger partial charge in [-0.15, -0.1) is 11.3 Å². The van der Waals surface area contributed by atoms with Crippen LogP contribution in [0.1, 0.15) is 23.4 Å². The summed E-state index contributed by atoms with van der Waals surface area (Å²) in [5, 5.41) is 3.65. The van der Waals surface area contributed by atoms with Crippen LogP contribution in [-0.2, 0) is 24.2 Å². The van der Waals surface area contributed by atoms with E-state index in [-0.39, 0.29) is 12.5 Å². The molecular weight excluding hydrogens is 296 g/mol. The van der Waals surface area contributed by atoms with Crippen LogP contribution in [0.4, 0.5) is 5.13 Å². The number of hydrogen-bond acceptors (Lipinski definition) is 4. The molecule has 3 aromatic rings. The topological polar surface area (TPSA) is 59.8 Å². The van der Waals surface area contributed by atoms with Crippen molar-refractivity contribution in [1.82, 2.24) is 14.5 Å². The van der Waals surface area contributed by atoms with E-state index in [1.165, 1.54) is 23.4 Å². The van der Waals surface area contributed by atoms with Crippen LogP contribution in [0, 0.1) is 0 Å². The zero-order chi connectivity index (χ0) is 14.9. The molecule has 0 unspecified atom stereocenters. The Morgan fingerprint density at radius 3 is 3.05 bits per heavy atom. The van der Waals surface area contributed by atoms with Gasteiger partial charge < -0.3 is 9.88 Å². The largest absolute Gasteiger partial charge is 0.321 e. The summed E-state index contributed by atoms with van der Waals surface area (Å²) in [5.41, 5.74) is 3.04. The third kappa shape index (κ3) is 2.50. The number of nitrogens with zero attached hydrogens (tertiary/aromatic N) is 3. The van der Waals surface area contributed by atoms with Gasteiger partial charge in [-0.1, -0.05) is 12.1 Å². The third-order valence-corrected chi connectivity index (χ3v) is 5.01. The molecule has 2 heterocycles. The number of imidazole rings is 1. The SMILES string of the molecule is O=C(Cn1cnc2ccccc21)Nc1nc2c(s1)CCCC2. The molecule has 112 valence electrons. The smallest absolute Gasteiger partial charge is 0.246 e. The fraction of sp³-hybridized carbons (Fsp3) is 0.312. The van der Waals surface area contributed by atoms with Crippen molar-refractivity contribution in [3.63, 3.8) is 0 Å². The van der Waals surface area contributed by atoms with Gasteiger partial charge in [0.2, 0.25) is 5.91 Å². The predicted molar refractivity (Wildman–Crippen MR) is 87.1 cm³/mol. The lowest BCUT2D eigenvalue weighted by molar-refractivity contribution is -0.116. The number of carbonyl (C=O) groups excluding carboxylic acids is 1. The zero-order valence-electron chi connectivity index (χ0n) is 12.1. The molecule has 1 aliphatic rings. The molecule has 5 nitrogen and oxygen atoms in total. The normalized spacial score (nSPS) is 14.0. The molecule has 0 spiro atoms. The van der Waals surface area contributed by atoms with Gasteiger partial charge in [0, 0.05) is 4.88 Å². The van der Waals surface area contributed by atoms with Crippen molar-refractivity contribution in [3.05, 3.63) is 41.2 Å².